The van der Waals surface area contributed by atoms with E-state index in [0.717, 1.165) is 15.7 Å². The Labute approximate surface area is 123 Å². The number of aromatic amines is 1. The van der Waals surface area contributed by atoms with Gasteiger partial charge in [-0.3, -0.25) is 9.67 Å². The smallest absolute Gasteiger partial charge is 0.195 e. The first-order valence-electron chi connectivity index (χ1n) is 5.84. The van der Waals surface area contributed by atoms with Crippen molar-refractivity contribution < 1.29 is 0 Å². The molecule has 0 unspecified atom stereocenters. The van der Waals surface area contributed by atoms with Gasteiger partial charge >= 0.3 is 0 Å². The summed E-state index contributed by atoms with van der Waals surface area (Å²) in [5.74, 6) is 0.861. The Kier molecular flexibility index (Phi) is 3.34. The summed E-state index contributed by atoms with van der Waals surface area (Å²) in [6.45, 7) is 4.19. The first-order valence-corrected chi connectivity index (χ1v) is 7.94. The van der Waals surface area contributed by atoms with Crippen LogP contribution in [0.3, 0.4) is 0 Å². The molecule has 0 aliphatic heterocycles. The molecule has 0 saturated carbocycles. The molecule has 0 amide bonds. The molecule has 0 aliphatic rings. The highest BCUT2D eigenvalue weighted by Gasteiger charge is 2.15. The summed E-state index contributed by atoms with van der Waals surface area (Å²) in [7, 11) is 0. The maximum absolute atomic E-state index is 5.27. The number of nitrogens with one attached hydrogen (secondary N) is 1. The third-order valence-electron chi connectivity index (χ3n) is 2.68. The second kappa shape index (κ2) is 4.99. The lowest BCUT2D eigenvalue weighted by molar-refractivity contribution is 0.597. The van der Waals surface area contributed by atoms with E-state index in [2.05, 4.69) is 40.5 Å². The first kappa shape index (κ1) is 12.7. The Hall–Kier alpha value is -1.31. The maximum atomic E-state index is 5.27. The standard InChI is InChI=1S/C12H12N4S3/c1-7(2)16-10(14-15-12(16)17)9-6-13-11(19-9)8-4-3-5-18-8/h3-7H,1-2H3,(H,15,17). The third-order valence-corrected chi connectivity index (χ3v) is 5.00. The summed E-state index contributed by atoms with van der Waals surface area (Å²) < 4.78 is 2.66. The van der Waals surface area contributed by atoms with E-state index < -0.39 is 0 Å². The van der Waals surface area contributed by atoms with Crippen molar-refractivity contribution in [3.8, 4) is 20.6 Å². The van der Waals surface area contributed by atoms with Gasteiger partial charge in [0.2, 0.25) is 0 Å². The summed E-state index contributed by atoms with van der Waals surface area (Å²) in [4.78, 5) is 6.69. The number of thiophene rings is 1. The molecule has 4 nitrogen and oxygen atoms in total. The molecule has 0 atom stereocenters. The van der Waals surface area contributed by atoms with Crippen molar-refractivity contribution >= 4 is 34.9 Å². The number of aromatic nitrogens is 4. The SMILES string of the molecule is CC(C)n1c(-c2cnc(-c3cccs3)s2)n[nH]c1=S. The summed E-state index contributed by atoms with van der Waals surface area (Å²) in [6, 6.07) is 4.38. The van der Waals surface area contributed by atoms with Gasteiger partial charge in [0, 0.05) is 12.2 Å². The fourth-order valence-corrected chi connectivity index (χ4v) is 3.90. The minimum absolute atomic E-state index is 0.272. The lowest BCUT2D eigenvalue weighted by Crippen LogP contribution is -2.02. The van der Waals surface area contributed by atoms with Gasteiger partial charge in [-0.1, -0.05) is 6.07 Å². The van der Waals surface area contributed by atoms with Gasteiger partial charge in [0.15, 0.2) is 10.6 Å². The van der Waals surface area contributed by atoms with Crippen molar-refractivity contribution in [1.82, 2.24) is 19.7 Å². The molecular formula is C12H12N4S3. The highest BCUT2D eigenvalue weighted by Crippen LogP contribution is 2.34. The maximum Gasteiger partial charge on any atom is 0.195 e. The average molecular weight is 308 g/mol. The lowest BCUT2D eigenvalue weighted by atomic mass is 10.3. The van der Waals surface area contributed by atoms with Gasteiger partial charge in [-0.2, -0.15) is 5.10 Å². The first-order chi connectivity index (χ1) is 9.16. The normalized spacial score (nSPS) is 11.3. The number of thiazole rings is 1. The third kappa shape index (κ3) is 2.29. The zero-order chi connectivity index (χ0) is 13.4. The van der Waals surface area contributed by atoms with Crippen LogP contribution >= 0.6 is 34.9 Å². The van der Waals surface area contributed by atoms with Crippen molar-refractivity contribution in [1.29, 1.82) is 0 Å². The van der Waals surface area contributed by atoms with Crippen LogP contribution in [0.25, 0.3) is 20.6 Å². The molecule has 0 bridgehead atoms. The molecule has 3 aromatic rings. The van der Waals surface area contributed by atoms with E-state index in [9.17, 15) is 0 Å². The summed E-state index contributed by atoms with van der Waals surface area (Å²) in [6.07, 6.45) is 1.86. The number of hydrogen-bond acceptors (Lipinski definition) is 5. The molecule has 7 heteroatoms. The van der Waals surface area contributed by atoms with Crippen LogP contribution in [-0.4, -0.2) is 19.7 Å². The van der Waals surface area contributed by atoms with Crippen LogP contribution in [0.2, 0.25) is 0 Å². The molecule has 0 aromatic carbocycles. The number of hydrogen-bond donors (Lipinski definition) is 1. The van der Waals surface area contributed by atoms with Gasteiger partial charge in [-0.25, -0.2) is 4.98 Å². The molecule has 3 aromatic heterocycles. The number of H-pyrrole nitrogens is 1. The Morgan fingerprint density at radius 2 is 2.21 bits per heavy atom. The van der Waals surface area contributed by atoms with Crippen molar-refractivity contribution in [3.63, 3.8) is 0 Å². The molecular weight excluding hydrogens is 296 g/mol. The van der Waals surface area contributed by atoms with Gasteiger partial charge < -0.3 is 0 Å². The zero-order valence-corrected chi connectivity index (χ0v) is 12.9. The fraction of sp³-hybridized carbons (Fsp3) is 0.250. The highest BCUT2D eigenvalue weighted by atomic mass is 32.1. The van der Waals surface area contributed by atoms with Crippen LogP contribution in [0, 0.1) is 4.77 Å². The van der Waals surface area contributed by atoms with Crippen LogP contribution < -0.4 is 0 Å². The minimum atomic E-state index is 0.272. The van der Waals surface area contributed by atoms with E-state index in [0.29, 0.717) is 4.77 Å². The monoisotopic (exact) mass is 308 g/mol. The van der Waals surface area contributed by atoms with Gasteiger partial charge in [-0.15, -0.1) is 22.7 Å². The molecule has 1 N–H and O–H groups in total. The van der Waals surface area contributed by atoms with Gasteiger partial charge in [-0.05, 0) is 37.5 Å². The second-order valence-corrected chi connectivity index (χ2v) is 6.69. The van der Waals surface area contributed by atoms with E-state index in [1.54, 1.807) is 22.7 Å². The van der Waals surface area contributed by atoms with E-state index >= 15 is 0 Å². The fourth-order valence-electron chi connectivity index (χ4n) is 1.85. The largest absolute Gasteiger partial charge is 0.297 e. The van der Waals surface area contributed by atoms with Crippen molar-refractivity contribution in [2.45, 2.75) is 19.9 Å². The zero-order valence-electron chi connectivity index (χ0n) is 10.5. The second-order valence-electron chi connectivity index (χ2n) is 4.32. The molecule has 0 aliphatic carbocycles. The molecule has 0 spiro atoms. The molecule has 3 heterocycles. The number of rotatable bonds is 3. The molecule has 98 valence electrons. The molecule has 19 heavy (non-hydrogen) atoms. The number of nitrogens with zero attached hydrogens (tertiary/aromatic N) is 3. The highest BCUT2D eigenvalue weighted by molar-refractivity contribution is 7.71. The average Bonchev–Trinajstić information content (AvgIpc) is 3.07. The van der Waals surface area contributed by atoms with Crippen LogP contribution in [0.4, 0.5) is 0 Å². The quantitative estimate of drug-likeness (QED) is 0.731. The van der Waals surface area contributed by atoms with Gasteiger partial charge in [0.25, 0.3) is 0 Å². The Balaban J connectivity index is 2.07. The summed E-state index contributed by atoms with van der Waals surface area (Å²) in [5.41, 5.74) is 0. The predicted octanol–water partition coefficient (Wildman–Crippen LogP) is 4.37. The summed E-state index contributed by atoms with van der Waals surface area (Å²) >= 11 is 8.60. The van der Waals surface area contributed by atoms with E-state index in [-0.39, 0.29) is 6.04 Å². The molecule has 0 saturated heterocycles. The van der Waals surface area contributed by atoms with Crippen molar-refractivity contribution in [3.05, 3.63) is 28.5 Å². The lowest BCUT2D eigenvalue weighted by Gasteiger charge is -2.08. The Morgan fingerprint density at radius 1 is 1.37 bits per heavy atom. The van der Waals surface area contributed by atoms with E-state index in [1.165, 1.54) is 4.88 Å². The van der Waals surface area contributed by atoms with Crippen molar-refractivity contribution in [2.24, 2.45) is 0 Å². The van der Waals surface area contributed by atoms with E-state index in [4.69, 9.17) is 12.2 Å². The van der Waals surface area contributed by atoms with E-state index in [1.807, 2.05) is 16.8 Å². The topological polar surface area (TPSA) is 46.5 Å². The van der Waals surface area contributed by atoms with Gasteiger partial charge in [0.1, 0.15) is 5.01 Å². The van der Waals surface area contributed by atoms with Crippen LogP contribution in [-0.2, 0) is 0 Å². The Morgan fingerprint density at radius 3 is 2.89 bits per heavy atom. The molecule has 0 radical (unpaired) electrons. The van der Waals surface area contributed by atoms with Crippen molar-refractivity contribution in [2.75, 3.05) is 0 Å². The van der Waals surface area contributed by atoms with Gasteiger partial charge in [0.05, 0.1) is 9.75 Å². The Bertz CT molecular complexity index is 733. The van der Waals surface area contributed by atoms with Crippen LogP contribution in [0.15, 0.2) is 23.7 Å². The predicted molar refractivity (Wildman–Crippen MR) is 82.2 cm³/mol. The minimum Gasteiger partial charge on any atom is -0.297 e. The molecule has 0 fully saturated rings. The summed E-state index contributed by atoms with van der Waals surface area (Å²) in [5, 5.41) is 10.3. The molecule has 3 rings (SSSR count). The van der Waals surface area contributed by atoms with Crippen LogP contribution in [0.5, 0.6) is 0 Å². The van der Waals surface area contributed by atoms with Crippen LogP contribution in [0.1, 0.15) is 19.9 Å².